The van der Waals surface area contributed by atoms with Gasteiger partial charge >= 0.3 is 0 Å². The monoisotopic (exact) mass is 270 g/mol. The molecule has 0 radical (unpaired) electrons. The lowest BCUT2D eigenvalue weighted by Crippen LogP contribution is -2.56. The zero-order valence-corrected chi connectivity index (χ0v) is 11.8. The van der Waals surface area contributed by atoms with Crippen LogP contribution >= 0.6 is 0 Å². The topological polar surface area (TPSA) is 37.3 Å². The summed E-state index contributed by atoms with van der Waals surface area (Å²) in [5, 5.41) is 11.3. The van der Waals surface area contributed by atoms with E-state index in [0.29, 0.717) is 5.78 Å². The predicted octanol–water partition coefficient (Wildman–Crippen LogP) is 3.30. The molecule has 0 amide bonds. The molecule has 0 unspecified atom stereocenters. The zero-order valence-electron chi connectivity index (χ0n) is 11.8. The molecule has 2 nitrogen and oxygen atoms in total. The fourth-order valence-corrected chi connectivity index (χ4v) is 5.29. The Morgan fingerprint density at radius 2 is 1.85 bits per heavy atom. The van der Waals surface area contributed by atoms with E-state index < -0.39 is 5.60 Å². The highest BCUT2D eigenvalue weighted by atomic mass is 16.3. The summed E-state index contributed by atoms with van der Waals surface area (Å²) >= 11 is 0. The van der Waals surface area contributed by atoms with Crippen LogP contribution in [0.4, 0.5) is 0 Å². The Hall–Kier alpha value is -1.15. The lowest BCUT2D eigenvalue weighted by atomic mass is 9.56. The van der Waals surface area contributed by atoms with Crippen molar-refractivity contribution in [3.8, 4) is 0 Å². The highest BCUT2D eigenvalue weighted by Gasteiger charge is 2.61. The summed E-state index contributed by atoms with van der Waals surface area (Å²) in [6.45, 7) is 0. The summed E-state index contributed by atoms with van der Waals surface area (Å²) < 4.78 is 0. The number of fused-ring (bicyclic) bond motifs is 4. The van der Waals surface area contributed by atoms with Gasteiger partial charge in [-0.15, -0.1) is 0 Å². The van der Waals surface area contributed by atoms with Crippen LogP contribution in [0.3, 0.4) is 0 Å². The normalized spacial score (nSPS) is 43.4. The fourth-order valence-electron chi connectivity index (χ4n) is 5.29. The van der Waals surface area contributed by atoms with E-state index in [9.17, 15) is 9.90 Å². The largest absolute Gasteiger partial charge is 0.389 e. The molecule has 2 heteroatoms. The molecule has 2 bridgehead atoms. The minimum Gasteiger partial charge on any atom is -0.389 e. The highest BCUT2D eigenvalue weighted by molar-refractivity contribution is 5.89. The summed E-state index contributed by atoms with van der Waals surface area (Å²) in [6.07, 6.45) is 6.05. The Balaban J connectivity index is 1.82. The van der Waals surface area contributed by atoms with Crippen molar-refractivity contribution in [2.75, 3.05) is 0 Å². The second-order valence-electron chi connectivity index (χ2n) is 6.92. The smallest absolute Gasteiger partial charge is 0.142 e. The van der Waals surface area contributed by atoms with E-state index in [1.807, 2.05) is 6.07 Å². The first kappa shape index (κ1) is 12.6. The van der Waals surface area contributed by atoms with E-state index in [1.165, 1.54) is 12.0 Å². The van der Waals surface area contributed by atoms with Crippen LogP contribution in [-0.4, -0.2) is 16.5 Å². The maximum absolute atomic E-state index is 12.7. The minimum absolute atomic E-state index is 0.0715. The van der Waals surface area contributed by atoms with Crippen LogP contribution in [0.1, 0.15) is 50.0 Å². The Bertz CT molecular complexity index is 523. The maximum Gasteiger partial charge on any atom is 0.142 e. The number of benzene rings is 1. The molecule has 0 heterocycles. The summed E-state index contributed by atoms with van der Waals surface area (Å²) in [6, 6.07) is 10.4. The molecule has 3 saturated carbocycles. The molecule has 0 spiro atoms. The molecule has 106 valence electrons. The van der Waals surface area contributed by atoms with Crippen molar-refractivity contribution < 1.29 is 9.90 Å². The van der Waals surface area contributed by atoms with Gasteiger partial charge in [0, 0.05) is 11.8 Å². The van der Waals surface area contributed by atoms with Crippen LogP contribution in [0.15, 0.2) is 30.3 Å². The van der Waals surface area contributed by atoms with E-state index in [0.717, 1.165) is 32.1 Å². The van der Waals surface area contributed by atoms with Crippen LogP contribution in [0.2, 0.25) is 0 Å². The molecule has 0 aliphatic heterocycles. The number of carbonyl (C=O) groups is 1. The van der Waals surface area contributed by atoms with Gasteiger partial charge in [-0.2, -0.15) is 0 Å². The molecular formula is C18H22O2. The van der Waals surface area contributed by atoms with Gasteiger partial charge in [0.1, 0.15) is 5.78 Å². The summed E-state index contributed by atoms with van der Waals surface area (Å²) in [5.74, 6) is 0.963. The van der Waals surface area contributed by atoms with Gasteiger partial charge in [-0.05, 0) is 43.1 Å². The Kier molecular flexibility index (Phi) is 2.78. The predicted molar refractivity (Wildman–Crippen MR) is 77.3 cm³/mol. The van der Waals surface area contributed by atoms with Crippen molar-refractivity contribution in [2.45, 2.75) is 50.0 Å². The summed E-state index contributed by atoms with van der Waals surface area (Å²) in [7, 11) is 0. The Morgan fingerprint density at radius 3 is 2.65 bits per heavy atom. The van der Waals surface area contributed by atoms with Crippen molar-refractivity contribution in [2.24, 2.45) is 17.8 Å². The molecule has 3 fully saturated rings. The summed E-state index contributed by atoms with van der Waals surface area (Å²) in [5.41, 5.74) is 0.541. The van der Waals surface area contributed by atoms with Gasteiger partial charge in [0.25, 0.3) is 0 Å². The maximum atomic E-state index is 12.7. The van der Waals surface area contributed by atoms with Gasteiger partial charge in [-0.1, -0.05) is 43.2 Å². The third kappa shape index (κ3) is 1.57. The van der Waals surface area contributed by atoms with Gasteiger partial charge in [0.05, 0.1) is 5.60 Å². The second kappa shape index (κ2) is 4.42. The molecule has 20 heavy (non-hydrogen) atoms. The van der Waals surface area contributed by atoms with Crippen molar-refractivity contribution in [3.05, 3.63) is 35.9 Å². The average Bonchev–Trinajstić information content (AvgIpc) is 2.78. The van der Waals surface area contributed by atoms with E-state index in [4.69, 9.17) is 0 Å². The van der Waals surface area contributed by atoms with E-state index in [2.05, 4.69) is 24.3 Å². The van der Waals surface area contributed by atoms with E-state index in [1.54, 1.807) is 0 Å². The first-order valence-electron chi connectivity index (χ1n) is 8.03. The number of hydrogen-bond donors (Lipinski definition) is 1. The average molecular weight is 270 g/mol. The number of carbonyl (C=O) groups excluding carboxylic acids is 1. The second-order valence-corrected chi connectivity index (χ2v) is 6.92. The molecule has 4 rings (SSSR count). The van der Waals surface area contributed by atoms with Gasteiger partial charge < -0.3 is 5.11 Å². The third-order valence-electron chi connectivity index (χ3n) is 6.11. The Morgan fingerprint density at radius 1 is 1.05 bits per heavy atom. The molecule has 1 aromatic rings. The van der Waals surface area contributed by atoms with Crippen LogP contribution in [0.25, 0.3) is 0 Å². The van der Waals surface area contributed by atoms with Crippen molar-refractivity contribution in [3.63, 3.8) is 0 Å². The fraction of sp³-hybridized carbons (Fsp3) is 0.611. The quantitative estimate of drug-likeness (QED) is 0.850. The van der Waals surface area contributed by atoms with Gasteiger partial charge in [0.15, 0.2) is 0 Å². The van der Waals surface area contributed by atoms with Gasteiger partial charge in [0.2, 0.25) is 0 Å². The number of ketones is 1. The van der Waals surface area contributed by atoms with Crippen LogP contribution in [0, 0.1) is 17.8 Å². The number of hydrogen-bond acceptors (Lipinski definition) is 2. The lowest BCUT2D eigenvalue weighted by molar-refractivity contribution is -0.156. The standard InChI is InChI=1S/C18H22O2/c19-17-13-9-10-15(17)18(20)11-5-4-8-14(18)16(13)12-6-2-1-3-7-12/h1-3,6-7,13-16,20H,4-5,8-11H2/t13-,14-,15+,16-,18-/m1/s1. The third-order valence-corrected chi connectivity index (χ3v) is 6.11. The van der Waals surface area contributed by atoms with Crippen LogP contribution in [0.5, 0.6) is 0 Å². The SMILES string of the molecule is O=C1[C@@H]2CC[C@@H]1[C@@]1(O)CCCC[C@@H]1[C@@H]2c1ccccc1. The molecule has 1 aromatic carbocycles. The van der Waals surface area contributed by atoms with E-state index in [-0.39, 0.29) is 23.7 Å². The molecule has 3 aliphatic rings. The molecule has 0 aromatic heterocycles. The minimum atomic E-state index is -0.719. The van der Waals surface area contributed by atoms with Crippen LogP contribution in [-0.2, 0) is 4.79 Å². The van der Waals surface area contributed by atoms with Crippen molar-refractivity contribution in [1.82, 2.24) is 0 Å². The highest BCUT2D eigenvalue weighted by Crippen LogP contribution is 2.59. The van der Waals surface area contributed by atoms with Crippen LogP contribution < -0.4 is 0 Å². The zero-order chi connectivity index (χ0) is 13.7. The van der Waals surface area contributed by atoms with Crippen molar-refractivity contribution in [1.29, 1.82) is 0 Å². The number of rotatable bonds is 1. The molecule has 3 aliphatic carbocycles. The molecule has 0 saturated heterocycles. The summed E-state index contributed by atoms with van der Waals surface area (Å²) in [4.78, 5) is 12.7. The lowest BCUT2D eigenvalue weighted by Gasteiger charge is -2.51. The van der Waals surface area contributed by atoms with Gasteiger partial charge in [-0.25, -0.2) is 0 Å². The Labute approximate surface area is 120 Å². The van der Waals surface area contributed by atoms with E-state index >= 15 is 0 Å². The number of aliphatic hydroxyl groups is 1. The first-order chi connectivity index (χ1) is 9.72. The first-order valence-corrected chi connectivity index (χ1v) is 8.03. The molecular weight excluding hydrogens is 248 g/mol. The van der Waals surface area contributed by atoms with Crippen molar-refractivity contribution >= 4 is 5.78 Å². The van der Waals surface area contributed by atoms with Gasteiger partial charge in [-0.3, -0.25) is 4.79 Å². The number of Topliss-reactive ketones (excluding diaryl/α,β-unsaturated/α-hetero) is 1. The molecule has 1 N–H and O–H groups in total. The molecule has 5 atom stereocenters.